The number of hydrogen-bond donors (Lipinski definition) is 3. The molecule has 0 aromatic heterocycles. The van der Waals surface area contributed by atoms with E-state index in [4.69, 9.17) is 5.21 Å². The monoisotopic (exact) mass is 182 g/mol. The first-order chi connectivity index (χ1) is 6.29. The lowest BCUT2D eigenvalue weighted by molar-refractivity contribution is 0.253. The molecular weight excluding hydrogens is 168 g/mol. The van der Waals surface area contributed by atoms with E-state index in [1.54, 1.807) is 24.3 Å². The molecule has 72 valence electrons. The number of rotatable bonds is 4. The van der Waals surface area contributed by atoms with Crippen LogP contribution in [0.25, 0.3) is 0 Å². The molecule has 4 nitrogen and oxygen atoms in total. The van der Waals surface area contributed by atoms with E-state index < -0.39 is 0 Å². The lowest BCUT2D eigenvalue weighted by atomic mass is 10.2. The number of nitrogens with zero attached hydrogens (tertiary/aromatic N) is 1. The summed E-state index contributed by atoms with van der Waals surface area (Å²) in [6.45, 7) is 2.51. The summed E-state index contributed by atoms with van der Waals surface area (Å²) in [6, 6.07) is 7.00. The number of anilines is 2. The first kappa shape index (κ1) is 9.83. The Labute approximate surface area is 77.3 Å². The Hall–Kier alpha value is -1.26. The Kier molecular flexibility index (Phi) is 3.54. The highest BCUT2D eigenvalue weighted by atomic mass is 16.5. The number of para-hydroxylation sites is 2. The van der Waals surface area contributed by atoms with E-state index in [1.165, 1.54) is 0 Å². The average Bonchev–Trinajstić information content (AvgIpc) is 2.18. The first-order valence-corrected chi connectivity index (χ1v) is 4.25. The minimum atomic E-state index is 0.499. The smallest absolute Gasteiger partial charge is 0.0888 e. The summed E-state index contributed by atoms with van der Waals surface area (Å²) in [4.78, 5) is 0. The highest BCUT2D eigenvalue weighted by molar-refractivity contribution is 5.67. The lowest BCUT2D eigenvalue weighted by Crippen LogP contribution is -2.19. The molecule has 0 unspecified atom stereocenters. The molecule has 0 aliphatic heterocycles. The van der Waals surface area contributed by atoms with Crippen LogP contribution in [0.5, 0.6) is 0 Å². The molecule has 0 spiro atoms. The largest absolute Gasteiger partial charge is 0.291 e. The summed E-state index contributed by atoms with van der Waals surface area (Å²) in [7, 11) is 0. The van der Waals surface area contributed by atoms with Gasteiger partial charge in [-0.3, -0.25) is 21.0 Å². The molecule has 0 heterocycles. The van der Waals surface area contributed by atoms with Crippen molar-refractivity contribution in [1.82, 2.24) is 0 Å². The maximum atomic E-state index is 9.51. The van der Waals surface area contributed by atoms with Crippen molar-refractivity contribution in [3.63, 3.8) is 0 Å². The Balaban J connectivity index is 2.85. The van der Waals surface area contributed by atoms with Crippen molar-refractivity contribution >= 4 is 11.4 Å². The third-order valence-electron chi connectivity index (χ3n) is 1.74. The summed E-state index contributed by atoms with van der Waals surface area (Å²) in [5.74, 6) is 0. The van der Waals surface area contributed by atoms with Crippen molar-refractivity contribution in [2.45, 2.75) is 13.3 Å². The van der Waals surface area contributed by atoms with Crippen LogP contribution in [0, 0.1) is 0 Å². The lowest BCUT2D eigenvalue weighted by Gasteiger charge is -2.18. The summed E-state index contributed by atoms with van der Waals surface area (Å²) < 4.78 is 0. The van der Waals surface area contributed by atoms with Crippen molar-refractivity contribution in [3.05, 3.63) is 24.3 Å². The predicted molar refractivity (Wildman–Crippen MR) is 51.3 cm³/mol. The van der Waals surface area contributed by atoms with E-state index in [0.29, 0.717) is 17.9 Å². The molecule has 1 aromatic rings. The fourth-order valence-corrected chi connectivity index (χ4v) is 1.13. The molecule has 4 heteroatoms. The Morgan fingerprint density at radius 2 is 2.08 bits per heavy atom. The Morgan fingerprint density at radius 1 is 1.38 bits per heavy atom. The summed E-state index contributed by atoms with van der Waals surface area (Å²) >= 11 is 0. The summed E-state index contributed by atoms with van der Waals surface area (Å²) in [5, 5.41) is 19.4. The van der Waals surface area contributed by atoms with Gasteiger partial charge in [-0.2, -0.15) is 0 Å². The molecular formula is C9H14N2O2. The second kappa shape index (κ2) is 4.69. The van der Waals surface area contributed by atoms with Gasteiger partial charge < -0.3 is 0 Å². The highest BCUT2D eigenvalue weighted by Crippen LogP contribution is 2.23. The second-order valence-electron chi connectivity index (χ2n) is 2.75. The molecule has 0 saturated carbocycles. The van der Waals surface area contributed by atoms with Crippen molar-refractivity contribution < 1.29 is 10.4 Å². The molecule has 1 aromatic carbocycles. The van der Waals surface area contributed by atoms with Crippen molar-refractivity contribution in [3.8, 4) is 0 Å². The zero-order valence-electron chi connectivity index (χ0n) is 7.57. The fraction of sp³-hybridized carbons (Fsp3) is 0.333. The summed E-state index contributed by atoms with van der Waals surface area (Å²) in [5.41, 5.74) is 3.11. The van der Waals surface area contributed by atoms with Crippen LogP contribution in [0.1, 0.15) is 13.3 Å². The van der Waals surface area contributed by atoms with Gasteiger partial charge in [0, 0.05) is 6.54 Å². The van der Waals surface area contributed by atoms with Gasteiger partial charge in [0.25, 0.3) is 0 Å². The highest BCUT2D eigenvalue weighted by Gasteiger charge is 2.05. The van der Waals surface area contributed by atoms with Gasteiger partial charge >= 0.3 is 0 Å². The molecule has 3 N–H and O–H groups in total. The maximum absolute atomic E-state index is 9.51. The van der Waals surface area contributed by atoms with Crippen LogP contribution in [0.3, 0.4) is 0 Å². The molecule has 0 saturated heterocycles. The van der Waals surface area contributed by atoms with E-state index in [0.717, 1.165) is 11.5 Å². The molecule has 0 radical (unpaired) electrons. The molecule has 13 heavy (non-hydrogen) atoms. The molecule has 0 bridgehead atoms. The maximum Gasteiger partial charge on any atom is 0.0888 e. The van der Waals surface area contributed by atoms with Crippen molar-refractivity contribution in [2.75, 3.05) is 17.1 Å². The van der Waals surface area contributed by atoms with Gasteiger partial charge in [-0.1, -0.05) is 19.1 Å². The zero-order chi connectivity index (χ0) is 9.68. The Morgan fingerprint density at radius 3 is 2.69 bits per heavy atom. The first-order valence-electron chi connectivity index (χ1n) is 4.25. The van der Waals surface area contributed by atoms with Crippen LogP contribution in [-0.2, 0) is 0 Å². The van der Waals surface area contributed by atoms with Crippen LogP contribution < -0.4 is 10.5 Å². The number of benzene rings is 1. The minimum Gasteiger partial charge on any atom is -0.291 e. The standard InChI is InChI=1S/C9H14N2O2/c1-2-7-11(13)9-6-4-3-5-8(9)10-12/h3-6,10,12-13H,2,7H2,1H3. The van der Waals surface area contributed by atoms with Gasteiger partial charge in [0.2, 0.25) is 0 Å². The molecule has 0 aliphatic rings. The predicted octanol–water partition coefficient (Wildman–Crippen LogP) is 2.09. The van der Waals surface area contributed by atoms with Crippen LogP contribution >= 0.6 is 0 Å². The van der Waals surface area contributed by atoms with Gasteiger partial charge in [-0.05, 0) is 18.6 Å². The van der Waals surface area contributed by atoms with Crippen LogP contribution in [-0.4, -0.2) is 17.0 Å². The van der Waals surface area contributed by atoms with Gasteiger partial charge in [0.05, 0.1) is 11.4 Å². The zero-order valence-corrected chi connectivity index (χ0v) is 7.57. The molecule has 0 fully saturated rings. The van der Waals surface area contributed by atoms with Crippen LogP contribution in [0.15, 0.2) is 24.3 Å². The van der Waals surface area contributed by atoms with Gasteiger partial charge in [-0.15, -0.1) is 0 Å². The van der Waals surface area contributed by atoms with Gasteiger partial charge in [0.15, 0.2) is 0 Å². The van der Waals surface area contributed by atoms with E-state index in [1.807, 2.05) is 12.4 Å². The molecule has 1 rings (SSSR count). The third-order valence-corrected chi connectivity index (χ3v) is 1.74. The average molecular weight is 182 g/mol. The fourth-order valence-electron chi connectivity index (χ4n) is 1.13. The molecule has 0 atom stereocenters. The van der Waals surface area contributed by atoms with Crippen LogP contribution in [0.4, 0.5) is 11.4 Å². The summed E-state index contributed by atoms with van der Waals surface area (Å²) in [6.07, 6.45) is 0.844. The Bertz CT molecular complexity index is 266. The third kappa shape index (κ3) is 2.34. The number of hydroxylamine groups is 1. The van der Waals surface area contributed by atoms with Crippen molar-refractivity contribution in [2.24, 2.45) is 0 Å². The second-order valence-corrected chi connectivity index (χ2v) is 2.75. The molecule has 0 amide bonds. The SMILES string of the molecule is CCCN(O)c1ccccc1NO. The van der Waals surface area contributed by atoms with Gasteiger partial charge in [-0.25, -0.2) is 0 Å². The number of hydrogen-bond acceptors (Lipinski definition) is 4. The van der Waals surface area contributed by atoms with Crippen LogP contribution in [0.2, 0.25) is 0 Å². The number of nitrogens with one attached hydrogen (secondary N) is 1. The van der Waals surface area contributed by atoms with E-state index >= 15 is 0 Å². The van der Waals surface area contributed by atoms with E-state index in [2.05, 4.69) is 0 Å². The molecule has 0 aliphatic carbocycles. The van der Waals surface area contributed by atoms with E-state index in [-0.39, 0.29) is 0 Å². The normalized spacial score (nSPS) is 9.77. The van der Waals surface area contributed by atoms with E-state index in [9.17, 15) is 5.21 Å². The topological polar surface area (TPSA) is 55.7 Å². The van der Waals surface area contributed by atoms with Crippen molar-refractivity contribution in [1.29, 1.82) is 0 Å². The minimum absolute atomic E-state index is 0.499. The van der Waals surface area contributed by atoms with Gasteiger partial charge in [0.1, 0.15) is 0 Å². The quantitative estimate of drug-likeness (QED) is 0.624.